The molecule has 1 unspecified atom stereocenters. The van der Waals surface area contributed by atoms with Gasteiger partial charge in [-0.15, -0.1) is 0 Å². The average molecular weight is 982 g/mol. The SMILES string of the molecule is CCC/C=C\CCCCCCCC(=O)OCC(COC(=O)CCCCCCCCCCCCCCC/C=C\CCCCCCCCCC)OC(=O)CCCCCCCCC/C=C\C/C=C\CCCCC. The molecule has 0 heterocycles. The van der Waals surface area contributed by atoms with E-state index in [9.17, 15) is 14.4 Å². The molecule has 1 atom stereocenters. The standard InChI is InChI=1S/C64H116O6/c1-4-7-10-13-16-19-22-24-26-28-29-30-31-32-33-34-35-37-38-40-42-45-48-51-54-57-63(66)69-60-61(59-68-62(65)56-53-50-47-44-21-18-15-12-9-6-3)70-64(67)58-55-52-49-46-43-41-39-36-27-25-23-20-17-14-11-8-5-2/h12,15,17,20,25,27-29,61H,4-11,13-14,16,18-19,21-24,26,30-60H2,1-3H3/b15-12-,20-17-,27-25-,29-28-. The molecule has 0 bridgehead atoms. The molecular weight excluding hydrogens is 865 g/mol. The smallest absolute Gasteiger partial charge is 0.306 e. The number of hydrogen-bond acceptors (Lipinski definition) is 6. The highest BCUT2D eigenvalue weighted by Gasteiger charge is 2.19. The Morgan fingerprint density at radius 3 is 0.886 bits per heavy atom. The first-order valence-corrected chi connectivity index (χ1v) is 30.6. The second-order valence-electron chi connectivity index (χ2n) is 20.6. The number of unbranched alkanes of at least 4 members (excludes halogenated alkanes) is 37. The predicted molar refractivity (Wildman–Crippen MR) is 302 cm³/mol. The van der Waals surface area contributed by atoms with Gasteiger partial charge in [-0.2, -0.15) is 0 Å². The van der Waals surface area contributed by atoms with Crippen LogP contribution in [0.4, 0.5) is 0 Å². The van der Waals surface area contributed by atoms with E-state index in [4.69, 9.17) is 14.2 Å². The molecule has 0 aromatic carbocycles. The molecule has 0 fully saturated rings. The van der Waals surface area contributed by atoms with Crippen molar-refractivity contribution in [3.05, 3.63) is 48.6 Å². The molecule has 0 aliphatic carbocycles. The van der Waals surface area contributed by atoms with Gasteiger partial charge in [-0.25, -0.2) is 0 Å². The third-order valence-corrected chi connectivity index (χ3v) is 13.5. The van der Waals surface area contributed by atoms with Crippen molar-refractivity contribution in [3.63, 3.8) is 0 Å². The molecule has 0 saturated heterocycles. The monoisotopic (exact) mass is 981 g/mol. The van der Waals surface area contributed by atoms with E-state index in [1.165, 1.54) is 199 Å². The summed E-state index contributed by atoms with van der Waals surface area (Å²) >= 11 is 0. The zero-order valence-corrected chi connectivity index (χ0v) is 46.8. The maximum atomic E-state index is 12.8. The summed E-state index contributed by atoms with van der Waals surface area (Å²) in [5.41, 5.74) is 0. The highest BCUT2D eigenvalue weighted by Crippen LogP contribution is 2.16. The summed E-state index contributed by atoms with van der Waals surface area (Å²) in [7, 11) is 0. The fourth-order valence-electron chi connectivity index (χ4n) is 8.88. The molecule has 0 aliphatic heterocycles. The van der Waals surface area contributed by atoms with Gasteiger partial charge in [0.2, 0.25) is 0 Å². The van der Waals surface area contributed by atoms with Crippen molar-refractivity contribution in [3.8, 4) is 0 Å². The first-order chi connectivity index (χ1) is 34.5. The molecule has 0 aromatic heterocycles. The highest BCUT2D eigenvalue weighted by atomic mass is 16.6. The zero-order valence-electron chi connectivity index (χ0n) is 46.8. The van der Waals surface area contributed by atoms with Gasteiger partial charge >= 0.3 is 17.9 Å². The second kappa shape index (κ2) is 58.9. The summed E-state index contributed by atoms with van der Waals surface area (Å²) in [5.74, 6) is -0.882. The molecule has 0 saturated carbocycles. The quantitative estimate of drug-likeness (QED) is 0.0261. The van der Waals surface area contributed by atoms with Crippen LogP contribution in [0.5, 0.6) is 0 Å². The van der Waals surface area contributed by atoms with Crippen LogP contribution in [0.15, 0.2) is 48.6 Å². The minimum Gasteiger partial charge on any atom is -0.462 e. The van der Waals surface area contributed by atoms with Gasteiger partial charge in [0.05, 0.1) is 0 Å². The van der Waals surface area contributed by atoms with E-state index in [-0.39, 0.29) is 31.1 Å². The maximum absolute atomic E-state index is 12.8. The lowest BCUT2D eigenvalue weighted by molar-refractivity contribution is -0.167. The van der Waals surface area contributed by atoms with E-state index < -0.39 is 6.10 Å². The van der Waals surface area contributed by atoms with Gasteiger partial charge in [-0.1, -0.05) is 256 Å². The van der Waals surface area contributed by atoms with Crippen molar-refractivity contribution in [1.29, 1.82) is 0 Å². The molecule has 0 aromatic rings. The Hall–Kier alpha value is -2.63. The van der Waals surface area contributed by atoms with E-state index >= 15 is 0 Å². The molecule has 0 aliphatic rings. The molecule has 0 spiro atoms. The lowest BCUT2D eigenvalue weighted by atomic mass is 10.0. The minimum atomic E-state index is -0.779. The van der Waals surface area contributed by atoms with E-state index in [2.05, 4.69) is 69.4 Å². The van der Waals surface area contributed by atoms with E-state index in [1.54, 1.807) is 0 Å². The third kappa shape index (κ3) is 56.3. The van der Waals surface area contributed by atoms with E-state index in [0.717, 1.165) is 83.5 Å². The van der Waals surface area contributed by atoms with Crippen LogP contribution in [0.1, 0.15) is 323 Å². The van der Waals surface area contributed by atoms with Gasteiger partial charge in [0.15, 0.2) is 6.10 Å². The zero-order chi connectivity index (χ0) is 50.7. The average Bonchev–Trinajstić information content (AvgIpc) is 3.36. The van der Waals surface area contributed by atoms with E-state index in [1.807, 2.05) is 0 Å². The van der Waals surface area contributed by atoms with Gasteiger partial charge in [-0.05, 0) is 96.3 Å². The first kappa shape index (κ1) is 67.4. The largest absolute Gasteiger partial charge is 0.462 e. The number of rotatable bonds is 56. The van der Waals surface area contributed by atoms with Crippen LogP contribution in [0.25, 0.3) is 0 Å². The minimum absolute atomic E-state index is 0.0771. The van der Waals surface area contributed by atoms with Crippen LogP contribution < -0.4 is 0 Å². The summed E-state index contributed by atoms with van der Waals surface area (Å²) in [6.45, 7) is 6.58. The van der Waals surface area contributed by atoms with Crippen LogP contribution in [0.3, 0.4) is 0 Å². The Morgan fingerprint density at radius 1 is 0.286 bits per heavy atom. The molecule has 6 nitrogen and oxygen atoms in total. The number of carbonyl (C=O) groups excluding carboxylic acids is 3. The summed E-state index contributed by atoms with van der Waals surface area (Å²) in [4.78, 5) is 38.1. The Bertz CT molecular complexity index is 1220. The van der Waals surface area contributed by atoms with E-state index in [0.29, 0.717) is 19.3 Å². The summed E-state index contributed by atoms with van der Waals surface area (Å²) < 4.78 is 16.9. The van der Waals surface area contributed by atoms with Crippen molar-refractivity contribution in [2.24, 2.45) is 0 Å². The summed E-state index contributed by atoms with van der Waals surface area (Å²) in [6.07, 6.45) is 72.7. The van der Waals surface area contributed by atoms with Crippen molar-refractivity contribution in [2.75, 3.05) is 13.2 Å². The van der Waals surface area contributed by atoms with Gasteiger partial charge in [0.1, 0.15) is 13.2 Å². The number of ether oxygens (including phenoxy) is 3. The van der Waals surface area contributed by atoms with Crippen LogP contribution in [-0.2, 0) is 28.6 Å². The first-order valence-electron chi connectivity index (χ1n) is 30.6. The van der Waals surface area contributed by atoms with Crippen LogP contribution >= 0.6 is 0 Å². The molecule has 0 radical (unpaired) electrons. The molecule has 6 heteroatoms. The normalized spacial score (nSPS) is 12.3. The molecule has 408 valence electrons. The molecule has 70 heavy (non-hydrogen) atoms. The van der Waals surface area contributed by atoms with Crippen LogP contribution in [0.2, 0.25) is 0 Å². The Balaban J connectivity index is 4.21. The van der Waals surface area contributed by atoms with Gasteiger partial charge < -0.3 is 14.2 Å². The second-order valence-corrected chi connectivity index (χ2v) is 20.6. The van der Waals surface area contributed by atoms with Crippen molar-refractivity contribution in [2.45, 2.75) is 329 Å². The summed E-state index contributed by atoms with van der Waals surface area (Å²) in [6, 6.07) is 0. The highest BCUT2D eigenvalue weighted by molar-refractivity contribution is 5.71. The third-order valence-electron chi connectivity index (χ3n) is 13.5. The molecule has 0 rings (SSSR count). The number of allylic oxidation sites excluding steroid dienone is 8. The number of esters is 3. The summed E-state index contributed by atoms with van der Waals surface area (Å²) in [5, 5.41) is 0. The predicted octanol–water partition coefficient (Wildman–Crippen LogP) is 20.6. The molecule has 0 N–H and O–H groups in total. The lowest BCUT2D eigenvalue weighted by Gasteiger charge is -2.18. The van der Waals surface area contributed by atoms with Crippen LogP contribution in [0, 0.1) is 0 Å². The fourth-order valence-corrected chi connectivity index (χ4v) is 8.88. The van der Waals surface area contributed by atoms with Gasteiger partial charge in [0.25, 0.3) is 0 Å². The van der Waals surface area contributed by atoms with Gasteiger partial charge in [0, 0.05) is 19.3 Å². The molecular formula is C64H116O6. The van der Waals surface area contributed by atoms with Crippen molar-refractivity contribution < 1.29 is 28.6 Å². The lowest BCUT2D eigenvalue weighted by Crippen LogP contribution is -2.30. The maximum Gasteiger partial charge on any atom is 0.306 e. The Kier molecular flexibility index (Phi) is 56.7. The Labute approximate surface area is 435 Å². The fraction of sp³-hybridized carbons (Fsp3) is 0.828. The number of hydrogen-bond donors (Lipinski definition) is 0. The van der Waals surface area contributed by atoms with Crippen molar-refractivity contribution in [1.82, 2.24) is 0 Å². The van der Waals surface area contributed by atoms with Crippen molar-refractivity contribution >= 4 is 17.9 Å². The topological polar surface area (TPSA) is 78.9 Å². The Morgan fingerprint density at radius 2 is 0.543 bits per heavy atom. The number of carbonyl (C=O) groups is 3. The van der Waals surface area contributed by atoms with Crippen LogP contribution in [-0.4, -0.2) is 37.2 Å². The van der Waals surface area contributed by atoms with Gasteiger partial charge in [-0.3, -0.25) is 14.4 Å². The molecule has 0 amide bonds.